The number of piperidine rings is 1. The molecule has 1 aromatic carbocycles. The van der Waals surface area contributed by atoms with Gasteiger partial charge in [0.1, 0.15) is 0 Å². The van der Waals surface area contributed by atoms with E-state index < -0.39 is 0 Å². The second kappa shape index (κ2) is 7.09. The Hall–Kier alpha value is -0.830. The van der Waals surface area contributed by atoms with Crippen LogP contribution >= 0.6 is 15.9 Å². The predicted octanol–water partition coefficient (Wildman–Crippen LogP) is 3.64. The fraction of sp³-hybridized carbons (Fsp3) is 0.562. The van der Waals surface area contributed by atoms with Crippen molar-refractivity contribution in [2.45, 2.75) is 37.4 Å². The quantitative estimate of drug-likeness (QED) is 0.775. The summed E-state index contributed by atoms with van der Waals surface area (Å²) in [5.74, 6) is 0.988. The lowest BCUT2D eigenvalue weighted by Crippen LogP contribution is -2.42. The van der Waals surface area contributed by atoms with Crippen LogP contribution in [0.2, 0.25) is 0 Å². The number of amides is 1. The van der Waals surface area contributed by atoms with Crippen molar-refractivity contribution in [3.05, 3.63) is 35.9 Å². The van der Waals surface area contributed by atoms with E-state index in [2.05, 4.69) is 46.3 Å². The van der Waals surface area contributed by atoms with Gasteiger partial charge >= 0.3 is 0 Å². The highest BCUT2D eigenvalue weighted by atomic mass is 79.9. The Morgan fingerprint density at radius 1 is 1.32 bits per heavy atom. The molecule has 3 heteroatoms. The summed E-state index contributed by atoms with van der Waals surface area (Å²) in [6, 6.07) is 10.7. The summed E-state index contributed by atoms with van der Waals surface area (Å²) < 4.78 is 0. The molecule has 2 nitrogen and oxygen atoms in total. The molecule has 0 N–H and O–H groups in total. The van der Waals surface area contributed by atoms with Gasteiger partial charge in [0.2, 0.25) is 5.91 Å². The Labute approximate surface area is 124 Å². The number of hydrogen-bond donors (Lipinski definition) is 0. The van der Waals surface area contributed by atoms with Gasteiger partial charge in [-0.25, -0.2) is 0 Å². The summed E-state index contributed by atoms with van der Waals surface area (Å²) in [7, 11) is 0. The summed E-state index contributed by atoms with van der Waals surface area (Å²) in [6.45, 7) is 3.87. The summed E-state index contributed by atoms with van der Waals surface area (Å²) in [5.41, 5.74) is 1.42. The maximum absolute atomic E-state index is 12.1. The molecule has 19 heavy (non-hydrogen) atoms. The number of nitrogens with zero attached hydrogens (tertiary/aromatic N) is 1. The van der Waals surface area contributed by atoms with E-state index in [-0.39, 0.29) is 10.7 Å². The molecule has 1 unspecified atom stereocenters. The van der Waals surface area contributed by atoms with Crippen LogP contribution in [-0.4, -0.2) is 28.7 Å². The van der Waals surface area contributed by atoms with Crippen LogP contribution in [0.15, 0.2) is 30.3 Å². The molecule has 0 aromatic heterocycles. The first-order chi connectivity index (χ1) is 9.20. The molecule has 0 saturated carbocycles. The van der Waals surface area contributed by atoms with E-state index in [1.54, 1.807) is 0 Å². The monoisotopic (exact) mass is 323 g/mol. The van der Waals surface area contributed by atoms with Gasteiger partial charge in [0.25, 0.3) is 0 Å². The normalized spacial score (nSPS) is 18.3. The molecular formula is C16H22BrNO. The Bertz CT molecular complexity index is 398. The molecule has 0 radical (unpaired) electrons. The zero-order chi connectivity index (χ0) is 13.7. The van der Waals surface area contributed by atoms with Gasteiger partial charge in [-0.1, -0.05) is 53.2 Å². The third-order valence-electron chi connectivity index (χ3n) is 3.92. The van der Waals surface area contributed by atoms with Crippen LogP contribution in [0.1, 0.15) is 31.7 Å². The van der Waals surface area contributed by atoms with E-state index in [1.165, 1.54) is 5.56 Å². The number of carbonyl (C=O) groups is 1. The standard InChI is InChI=1S/C16H22BrNO/c1-2-15(17)16(19)18-10-8-14(9-11-18)12-13-6-4-3-5-7-13/h3-7,14-15H,2,8-12H2,1H3. The Morgan fingerprint density at radius 2 is 1.95 bits per heavy atom. The average molecular weight is 324 g/mol. The van der Waals surface area contributed by atoms with Crippen molar-refractivity contribution in [2.24, 2.45) is 5.92 Å². The van der Waals surface area contributed by atoms with Crippen molar-refractivity contribution in [3.8, 4) is 0 Å². The molecule has 1 amide bonds. The van der Waals surface area contributed by atoms with E-state index in [4.69, 9.17) is 0 Å². The molecule has 104 valence electrons. The molecule has 0 aliphatic carbocycles. The van der Waals surface area contributed by atoms with Crippen LogP contribution < -0.4 is 0 Å². The summed E-state index contributed by atoms with van der Waals surface area (Å²) in [5, 5.41) is 0. The molecule has 1 aliphatic heterocycles. The first-order valence-corrected chi connectivity index (χ1v) is 8.09. The van der Waals surface area contributed by atoms with Crippen molar-refractivity contribution < 1.29 is 4.79 Å². The number of carbonyl (C=O) groups excluding carboxylic acids is 1. The Morgan fingerprint density at radius 3 is 2.53 bits per heavy atom. The Kier molecular flexibility index (Phi) is 5.44. The summed E-state index contributed by atoms with van der Waals surface area (Å²) in [4.78, 5) is 14.1. The smallest absolute Gasteiger partial charge is 0.236 e. The summed E-state index contributed by atoms with van der Waals surface area (Å²) >= 11 is 3.46. The van der Waals surface area contributed by atoms with E-state index in [0.29, 0.717) is 0 Å². The second-order valence-electron chi connectivity index (χ2n) is 5.33. The van der Waals surface area contributed by atoms with Gasteiger partial charge in [-0.2, -0.15) is 0 Å². The number of alkyl halides is 1. The molecule has 1 aromatic rings. The van der Waals surface area contributed by atoms with E-state index in [9.17, 15) is 4.79 Å². The van der Waals surface area contributed by atoms with Gasteiger partial charge in [-0.3, -0.25) is 4.79 Å². The van der Waals surface area contributed by atoms with Crippen LogP contribution in [0, 0.1) is 5.92 Å². The lowest BCUT2D eigenvalue weighted by Gasteiger charge is -2.33. The molecule has 1 heterocycles. The number of hydrogen-bond acceptors (Lipinski definition) is 1. The number of halogens is 1. The number of rotatable bonds is 4. The lowest BCUT2D eigenvalue weighted by atomic mass is 9.90. The van der Waals surface area contributed by atoms with Crippen LogP contribution in [0.3, 0.4) is 0 Å². The minimum Gasteiger partial charge on any atom is -0.342 e. The minimum atomic E-state index is -0.00169. The van der Waals surface area contributed by atoms with Gasteiger partial charge in [-0.05, 0) is 37.2 Å². The average Bonchev–Trinajstić information content (AvgIpc) is 2.47. The topological polar surface area (TPSA) is 20.3 Å². The summed E-state index contributed by atoms with van der Waals surface area (Å²) in [6.07, 6.45) is 4.27. The zero-order valence-electron chi connectivity index (χ0n) is 11.5. The fourth-order valence-corrected chi connectivity index (χ4v) is 2.97. The molecule has 1 fully saturated rings. The van der Waals surface area contributed by atoms with Gasteiger partial charge in [-0.15, -0.1) is 0 Å². The van der Waals surface area contributed by atoms with Crippen LogP contribution in [-0.2, 0) is 11.2 Å². The third-order valence-corrected chi connectivity index (χ3v) is 4.96. The van der Waals surface area contributed by atoms with Gasteiger partial charge in [0, 0.05) is 13.1 Å². The van der Waals surface area contributed by atoms with Crippen molar-refractivity contribution >= 4 is 21.8 Å². The van der Waals surface area contributed by atoms with E-state index >= 15 is 0 Å². The third kappa shape index (κ3) is 4.07. The molecular weight excluding hydrogens is 302 g/mol. The van der Waals surface area contributed by atoms with Crippen LogP contribution in [0.5, 0.6) is 0 Å². The number of benzene rings is 1. The zero-order valence-corrected chi connectivity index (χ0v) is 13.1. The van der Waals surface area contributed by atoms with Crippen LogP contribution in [0.4, 0.5) is 0 Å². The molecule has 1 aliphatic rings. The van der Waals surface area contributed by atoms with Gasteiger partial charge in [0.15, 0.2) is 0 Å². The Balaban J connectivity index is 1.81. The van der Waals surface area contributed by atoms with E-state index in [0.717, 1.165) is 44.7 Å². The van der Waals surface area contributed by atoms with Crippen molar-refractivity contribution in [3.63, 3.8) is 0 Å². The predicted molar refractivity (Wildman–Crippen MR) is 82.5 cm³/mol. The lowest BCUT2D eigenvalue weighted by molar-refractivity contribution is -0.131. The van der Waals surface area contributed by atoms with Crippen molar-refractivity contribution in [2.75, 3.05) is 13.1 Å². The molecule has 1 saturated heterocycles. The molecule has 0 spiro atoms. The van der Waals surface area contributed by atoms with Gasteiger partial charge in [0.05, 0.1) is 4.83 Å². The van der Waals surface area contributed by atoms with E-state index in [1.807, 2.05) is 11.8 Å². The SMILES string of the molecule is CCC(Br)C(=O)N1CCC(Cc2ccccc2)CC1. The maximum atomic E-state index is 12.1. The maximum Gasteiger partial charge on any atom is 0.236 e. The second-order valence-corrected chi connectivity index (χ2v) is 6.44. The van der Waals surface area contributed by atoms with Crippen molar-refractivity contribution in [1.82, 2.24) is 4.90 Å². The highest BCUT2D eigenvalue weighted by Gasteiger charge is 2.25. The number of likely N-dealkylation sites (tertiary alicyclic amines) is 1. The fourth-order valence-electron chi connectivity index (χ4n) is 2.68. The van der Waals surface area contributed by atoms with Gasteiger partial charge < -0.3 is 4.90 Å². The highest BCUT2D eigenvalue weighted by molar-refractivity contribution is 9.10. The molecule has 2 rings (SSSR count). The first kappa shape index (κ1) is 14.6. The minimum absolute atomic E-state index is 0.00169. The highest BCUT2D eigenvalue weighted by Crippen LogP contribution is 2.23. The first-order valence-electron chi connectivity index (χ1n) is 7.17. The molecule has 0 bridgehead atoms. The van der Waals surface area contributed by atoms with Crippen molar-refractivity contribution in [1.29, 1.82) is 0 Å². The van der Waals surface area contributed by atoms with Crippen LogP contribution in [0.25, 0.3) is 0 Å². The molecule has 1 atom stereocenters. The largest absolute Gasteiger partial charge is 0.342 e.